The zero-order valence-corrected chi connectivity index (χ0v) is 20.7. The first-order valence-corrected chi connectivity index (χ1v) is 12.5. The van der Waals surface area contributed by atoms with Crippen molar-refractivity contribution in [2.45, 2.75) is 26.3 Å². The number of rotatable bonds is 7. The van der Waals surface area contributed by atoms with Crippen molar-refractivity contribution in [2.24, 2.45) is 0 Å². The third kappa shape index (κ3) is 6.35. The van der Waals surface area contributed by atoms with E-state index in [1.165, 1.54) is 29.3 Å². The Hall–Kier alpha value is -1.93. The Bertz CT molecular complexity index is 969. The van der Waals surface area contributed by atoms with Gasteiger partial charge in [0.15, 0.2) is 5.11 Å². The van der Waals surface area contributed by atoms with Gasteiger partial charge >= 0.3 is 0 Å². The fraction of sp³-hybridized carbons (Fsp3) is 0.480. The molecule has 178 valence electrons. The third-order valence-corrected chi connectivity index (χ3v) is 7.01. The van der Waals surface area contributed by atoms with Crippen molar-refractivity contribution < 1.29 is 9.13 Å². The SMILES string of the molecule is CCN1CCCc2cc(CN(CCN3CCOCC3)C(=S)Nc3ccc(F)c(Cl)c3)ccc21. The van der Waals surface area contributed by atoms with Crippen molar-refractivity contribution in [1.82, 2.24) is 9.80 Å². The van der Waals surface area contributed by atoms with E-state index in [1.807, 2.05) is 0 Å². The van der Waals surface area contributed by atoms with Crippen molar-refractivity contribution in [2.75, 3.05) is 62.7 Å². The minimum atomic E-state index is -0.438. The van der Waals surface area contributed by atoms with Gasteiger partial charge in [-0.2, -0.15) is 0 Å². The van der Waals surface area contributed by atoms with Gasteiger partial charge < -0.3 is 19.9 Å². The molecule has 2 aromatic rings. The molecule has 0 aliphatic carbocycles. The summed E-state index contributed by atoms with van der Waals surface area (Å²) in [5.41, 5.74) is 4.70. The van der Waals surface area contributed by atoms with Crippen LogP contribution in [0, 0.1) is 5.82 Å². The van der Waals surface area contributed by atoms with E-state index in [1.54, 1.807) is 12.1 Å². The number of hydrogen-bond acceptors (Lipinski definition) is 4. The third-order valence-electron chi connectivity index (χ3n) is 6.36. The van der Waals surface area contributed by atoms with Gasteiger partial charge in [-0.3, -0.25) is 4.90 Å². The molecule has 0 saturated carbocycles. The Morgan fingerprint density at radius 3 is 2.76 bits per heavy atom. The Labute approximate surface area is 206 Å². The zero-order valence-electron chi connectivity index (χ0n) is 19.2. The van der Waals surface area contributed by atoms with Crippen LogP contribution in [0.1, 0.15) is 24.5 Å². The second-order valence-electron chi connectivity index (χ2n) is 8.58. The average molecular weight is 491 g/mol. The second-order valence-corrected chi connectivity index (χ2v) is 9.37. The van der Waals surface area contributed by atoms with Crippen LogP contribution in [0.4, 0.5) is 15.8 Å². The van der Waals surface area contributed by atoms with Crippen LogP contribution in [0.5, 0.6) is 0 Å². The van der Waals surface area contributed by atoms with Crippen molar-refractivity contribution >= 4 is 40.3 Å². The lowest BCUT2D eigenvalue weighted by Crippen LogP contribution is -2.44. The molecule has 0 bridgehead atoms. The lowest BCUT2D eigenvalue weighted by atomic mass is 9.99. The molecule has 0 atom stereocenters. The Morgan fingerprint density at radius 2 is 2.00 bits per heavy atom. The minimum Gasteiger partial charge on any atom is -0.379 e. The van der Waals surface area contributed by atoms with Gasteiger partial charge in [-0.15, -0.1) is 0 Å². The molecule has 0 radical (unpaired) electrons. The number of nitrogens with one attached hydrogen (secondary N) is 1. The smallest absolute Gasteiger partial charge is 0.173 e. The number of aryl methyl sites for hydroxylation is 1. The fourth-order valence-corrected chi connectivity index (χ4v) is 4.95. The first-order chi connectivity index (χ1) is 16.0. The summed E-state index contributed by atoms with van der Waals surface area (Å²) < 4.78 is 19.1. The van der Waals surface area contributed by atoms with E-state index in [2.05, 4.69) is 45.1 Å². The Balaban J connectivity index is 1.49. The van der Waals surface area contributed by atoms with Crippen molar-refractivity contribution in [1.29, 1.82) is 0 Å². The number of hydrogen-bond donors (Lipinski definition) is 1. The number of thiocarbonyl (C=S) groups is 1. The maximum Gasteiger partial charge on any atom is 0.173 e. The van der Waals surface area contributed by atoms with Gasteiger partial charge in [-0.1, -0.05) is 23.7 Å². The summed E-state index contributed by atoms with van der Waals surface area (Å²) in [5.74, 6) is -0.438. The lowest BCUT2D eigenvalue weighted by molar-refractivity contribution is 0.0358. The molecule has 0 spiro atoms. The molecule has 1 saturated heterocycles. The number of ether oxygens (including phenoxy) is 1. The zero-order chi connectivity index (χ0) is 23.2. The van der Waals surface area contributed by atoms with Crippen molar-refractivity contribution in [3.8, 4) is 0 Å². The summed E-state index contributed by atoms with van der Waals surface area (Å²) >= 11 is 11.8. The molecule has 5 nitrogen and oxygen atoms in total. The average Bonchev–Trinajstić information content (AvgIpc) is 2.84. The lowest BCUT2D eigenvalue weighted by Gasteiger charge is -2.33. The number of halogens is 2. The molecular formula is C25H32ClFN4OS. The Morgan fingerprint density at radius 1 is 1.18 bits per heavy atom. The summed E-state index contributed by atoms with van der Waals surface area (Å²) in [6.07, 6.45) is 2.31. The number of nitrogens with zero attached hydrogens (tertiary/aromatic N) is 3. The van der Waals surface area contributed by atoms with Crippen LogP contribution in [0.3, 0.4) is 0 Å². The monoisotopic (exact) mass is 490 g/mol. The topological polar surface area (TPSA) is 31.0 Å². The van der Waals surface area contributed by atoms with Gasteiger partial charge in [0, 0.05) is 57.2 Å². The van der Waals surface area contributed by atoms with Gasteiger partial charge in [-0.25, -0.2) is 4.39 Å². The largest absolute Gasteiger partial charge is 0.379 e. The van der Waals surface area contributed by atoms with Crippen LogP contribution in [-0.2, 0) is 17.7 Å². The van der Waals surface area contributed by atoms with Gasteiger partial charge in [0.1, 0.15) is 5.82 Å². The number of fused-ring (bicyclic) bond motifs is 1. The standard InChI is InChI=1S/C25H32ClFN4OS/c1-2-30-9-3-4-20-16-19(5-8-24(20)30)18-31(11-10-29-12-14-32-15-13-29)25(33)28-21-6-7-23(27)22(26)17-21/h5-8,16-17H,2-4,9-15,18H2,1H3,(H,28,33). The van der Waals surface area contributed by atoms with E-state index in [-0.39, 0.29) is 5.02 Å². The quantitative estimate of drug-likeness (QED) is 0.562. The van der Waals surface area contributed by atoms with Crippen molar-refractivity contribution in [3.05, 3.63) is 58.4 Å². The van der Waals surface area contributed by atoms with Crippen LogP contribution in [0.15, 0.2) is 36.4 Å². The van der Waals surface area contributed by atoms with E-state index in [4.69, 9.17) is 28.6 Å². The van der Waals surface area contributed by atoms with Crippen LogP contribution < -0.4 is 10.2 Å². The maximum atomic E-state index is 13.6. The molecule has 2 aromatic carbocycles. The van der Waals surface area contributed by atoms with Crippen LogP contribution in [0.2, 0.25) is 5.02 Å². The summed E-state index contributed by atoms with van der Waals surface area (Å²) in [4.78, 5) is 7.04. The van der Waals surface area contributed by atoms with Gasteiger partial charge in [0.2, 0.25) is 0 Å². The van der Waals surface area contributed by atoms with E-state index in [0.717, 1.165) is 58.9 Å². The number of benzene rings is 2. The predicted molar refractivity (Wildman–Crippen MR) is 138 cm³/mol. The second kappa shape index (κ2) is 11.5. The highest BCUT2D eigenvalue weighted by Crippen LogP contribution is 2.28. The molecule has 2 aliphatic rings. The molecule has 33 heavy (non-hydrogen) atoms. The molecule has 0 aromatic heterocycles. The van der Waals surface area contributed by atoms with Crippen LogP contribution in [0.25, 0.3) is 0 Å². The van der Waals surface area contributed by atoms with Gasteiger partial charge in [0.25, 0.3) is 0 Å². The molecule has 8 heteroatoms. The highest BCUT2D eigenvalue weighted by atomic mass is 35.5. The molecule has 1 fully saturated rings. The van der Waals surface area contributed by atoms with E-state index < -0.39 is 5.82 Å². The summed E-state index contributed by atoms with van der Waals surface area (Å²) in [7, 11) is 0. The first-order valence-electron chi connectivity index (χ1n) is 11.7. The van der Waals surface area contributed by atoms with E-state index >= 15 is 0 Å². The molecule has 1 N–H and O–H groups in total. The highest BCUT2D eigenvalue weighted by Gasteiger charge is 2.19. The fourth-order valence-electron chi connectivity index (χ4n) is 4.49. The molecule has 2 heterocycles. The predicted octanol–water partition coefficient (Wildman–Crippen LogP) is 4.78. The number of morpholine rings is 1. The van der Waals surface area contributed by atoms with E-state index in [9.17, 15) is 4.39 Å². The van der Waals surface area contributed by atoms with Crippen LogP contribution in [-0.4, -0.2) is 67.4 Å². The molecule has 0 unspecified atom stereocenters. The first kappa shape index (κ1) is 24.2. The van der Waals surface area contributed by atoms with Crippen LogP contribution >= 0.6 is 23.8 Å². The molecule has 0 amide bonds. The Kier molecular flexibility index (Phi) is 8.41. The molecule has 4 rings (SSSR count). The normalized spacial score (nSPS) is 16.4. The highest BCUT2D eigenvalue weighted by molar-refractivity contribution is 7.80. The minimum absolute atomic E-state index is 0.0813. The van der Waals surface area contributed by atoms with Gasteiger partial charge in [-0.05, 0) is 67.4 Å². The summed E-state index contributed by atoms with van der Waals surface area (Å²) in [6.45, 7) is 10.2. The van der Waals surface area contributed by atoms with Crippen molar-refractivity contribution in [3.63, 3.8) is 0 Å². The van der Waals surface area contributed by atoms with E-state index in [0.29, 0.717) is 17.3 Å². The molecule has 2 aliphatic heterocycles. The number of anilines is 2. The molecular weight excluding hydrogens is 459 g/mol. The summed E-state index contributed by atoms with van der Waals surface area (Å²) in [6, 6.07) is 11.4. The maximum absolute atomic E-state index is 13.6. The summed E-state index contributed by atoms with van der Waals surface area (Å²) in [5, 5.41) is 3.94. The van der Waals surface area contributed by atoms with Gasteiger partial charge in [0.05, 0.1) is 18.2 Å².